The summed E-state index contributed by atoms with van der Waals surface area (Å²) in [5.41, 5.74) is 0.391. The molecule has 0 aliphatic rings. The van der Waals surface area contributed by atoms with Crippen molar-refractivity contribution in [2.45, 2.75) is 26.8 Å². The Morgan fingerprint density at radius 3 is 2.50 bits per heavy atom. The van der Waals surface area contributed by atoms with Crippen molar-refractivity contribution in [3.8, 4) is 0 Å². The van der Waals surface area contributed by atoms with E-state index < -0.39 is 11.8 Å². The van der Waals surface area contributed by atoms with Crippen molar-refractivity contribution in [3.63, 3.8) is 0 Å². The lowest BCUT2D eigenvalue weighted by Crippen LogP contribution is -2.37. The van der Waals surface area contributed by atoms with Gasteiger partial charge >= 0.3 is 5.97 Å². The summed E-state index contributed by atoms with van der Waals surface area (Å²) >= 11 is 0. The van der Waals surface area contributed by atoms with E-state index in [0.29, 0.717) is 12.1 Å². The number of carbonyl (C=O) groups excluding carboxylic acids is 1. The molecule has 0 atom stereocenters. The Bertz CT molecular complexity index is 538. The summed E-state index contributed by atoms with van der Waals surface area (Å²) in [6, 6.07) is 4.04. The molecule has 1 N–H and O–H groups in total. The van der Waals surface area contributed by atoms with Gasteiger partial charge in [-0.15, -0.1) is 0 Å². The number of amides is 1. The van der Waals surface area contributed by atoms with Gasteiger partial charge in [-0.1, -0.05) is 6.07 Å². The summed E-state index contributed by atoms with van der Waals surface area (Å²) in [7, 11) is 0. The first-order valence-electron chi connectivity index (χ1n) is 6.38. The molecule has 0 saturated heterocycles. The minimum absolute atomic E-state index is 0.00646. The second kappa shape index (κ2) is 6.84. The van der Waals surface area contributed by atoms with Crippen LogP contribution in [0.25, 0.3) is 6.08 Å². The summed E-state index contributed by atoms with van der Waals surface area (Å²) in [5, 5.41) is 8.51. The van der Waals surface area contributed by atoms with Gasteiger partial charge in [0.2, 0.25) is 0 Å². The van der Waals surface area contributed by atoms with Crippen LogP contribution in [-0.4, -0.2) is 34.5 Å². The molecular formula is C15H18FNO3. The Morgan fingerprint density at radius 2 is 2.05 bits per heavy atom. The number of hydrogen-bond donors (Lipinski definition) is 1. The molecule has 0 aromatic heterocycles. The van der Waals surface area contributed by atoms with Crippen LogP contribution in [0.5, 0.6) is 0 Å². The minimum Gasteiger partial charge on any atom is -0.478 e. The van der Waals surface area contributed by atoms with Gasteiger partial charge in [-0.2, -0.15) is 0 Å². The number of rotatable bonds is 5. The average molecular weight is 279 g/mol. The quantitative estimate of drug-likeness (QED) is 0.843. The summed E-state index contributed by atoms with van der Waals surface area (Å²) in [4.78, 5) is 24.1. The highest BCUT2D eigenvalue weighted by molar-refractivity contribution is 5.95. The van der Waals surface area contributed by atoms with E-state index in [9.17, 15) is 14.0 Å². The van der Waals surface area contributed by atoms with E-state index in [-0.39, 0.29) is 17.5 Å². The highest BCUT2D eigenvalue weighted by Crippen LogP contribution is 2.15. The predicted octanol–water partition coefficient (Wildman–Crippen LogP) is 2.79. The zero-order valence-corrected chi connectivity index (χ0v) is 11.8. The highest BCUT2D eigenvalue weighted by atomic mass is 19.1. The number of carbonyl (C=O) groups is 2. The molecular weight excluding hydrogens is 261 g/mol. The number of carboxylic acids is 1. The van der Waals surface area contributed by atoms with Gasteiger partial charge in [0.15, 0.2) is 0 Å². The molecule has 1 amide bonds. The Kier molecular flexibility index (Phi) is 5.43. The summed E-state index contributed by atoms with van der Waals surface area (Å²) in [5.74, 6) is -2.13. The monoisotopic (exact) mass is 279 g/mol. The van der Waals surface area contributed by atoms with Gasteiger partial charge in [-0.3, -0.25) is 4.79 Å². The van der Waals surface area contributed by atoms with E-state index in [1.165, 1.54) is 18.2 Å². The third-order valence-electron chi connectivity index (χ3n) is 2.87. The number of hydrogen-bond acceptors (Lipinski definition) is 2. The summed E-state index contributed by atoms with van der Waals surface area (Å²) in [6.07, 6.45) is 2.20. The van der Waals surface area contributed by atoms with Gasteiger partial charge in [-0.05, 0) is 44.5 Å². The molecule has 0 spiro atoms. The van der Waals surface area contributed by atoms with Crippen LogP contribution in [0.3, 0.4) is 0 Å². The van der Waals surface area contributed by atoms with Crippen molar-refractivity contribution in [2.75, 3.05) is 6.54 Å². The van der Waals surface area contributed by atoms with Gasteiger partial charge in [0, 0.05) is 18.7 Å². The maximum Gasteiger partial charge on any atom is 0.328 e. The largest absolute Gasteiger partial charge is 0.478 e. The van der Waals surface area contributed by atoms with E-state index >= 15 is 0 Å². The standard InChI is InChI=1S/C15H18FNO3/c1-4-17(10(2)3)15(20)12-7-5-11(9-13(12)16)6-8-14(18)19/h5-10H,4H2,1-3H3,(H,18,19). The third kappa shape index (κ3) is 3.91. The van der Waals surface area contributed by atoms with Crippen LogP contribution >= 0.6 is 0 Å². The Balaban J connectivity index is 3.04. The number of aliphatic carboxylic acids is 1. The fourth-order valence-corrected chi connectivity index (χ4v) is 1.87. The average Bonchev–Trinajstić information content (AvgIpc) is 2.36. The first-order chi connectivity index (χ1) is 9.36. The highest BCUT2D eigenvalue weighted by Gasteiger charge is 2.20. The van der Waals surface area contributed by atoms with Gasteiger partial charge in [0.1, 0.15) is 5.82 Å². The minimum atomic E-state index is -1.11. The maximum absolute atomic E-state index is 14.0. The fourth-order valence-electron chi connectivity index (χ4n) is 1.87. The number of carboxylic acid groups (broad SMARTS) is 1. The number of benzene rings is 1. The van der Waals surface area contributed by atoms with Crippen LogP contribution in [0.15, 0.2) is 24.3 Å². The van der Waals surface area contributed by atoms with Crippen LogP contribution in [0.1, 0.15) is 36.7 Å². The second-order valence-corrected chi connectivity index (χ2v) is 4.60. The number of nitrogens with zero attached hydrogens (tertiary/aromatic N) is 1. The third-order valence-corrected chi connectivity index (χ3v) is 2.87. The van der Waals surface area contributed by atoms with Gasteiger partial charge in [-0.25, -0.2) is 9.18 Å². The lowest BCUT2D eigenvalue weighted by atomic mass is 10.1. The van der Waals surface area contributed by atoms with E-state index in [4.69, 9.17) is 5.11 Å². The van der Waals surface area contributed by atoms with Gasteiger partial charge < -0.3 is 10.0 Å². The van der Waals surface area contributed by atoms with Crippen molar-refractivity contribution in [1.82, 2.24) is 4.90 Å². The number of halogens is 1. The van der Waals surface area contributed by atoms with Gasteiger partial charge in [0.25, 0.3) is 5.91 Å². The summed E-state index contributed by atoms with van der Waals surface area (Å²) in [6.45, 7) is 6.06. The van der Waals surface area contributed by atoms with Crippen LogP contribution in [-0.2, 0) is 4.79 Å². The molecule has 1 aromatic carbocycles. The predicted molar refractivity (Wildman–Crippen MR) is 74.9 cm³/mol. The molecule has 5 heteroatoms. The zero-order chi connectivity index (χ0) is 15.3. The Morgan fingerprint density at radius 1 is 1.40 bits per heavy atom. The van der Waals surface area contributed by atoms with E-state index in [1.54, 1.807) is 4.90 Å². The molecule has 4 nitrogen and oxygen atoms in total. The van der Waals surface area contributed by atoms with Crippen molar-refractivity contribution in [2.24, 2.45) is 0 Å². The topological polar surface area (TPSA) is 57.6 Å². The first-order valence-corrected chi connectivity index (χ1v) is 6.38. The van der Waals surface area contributed by atoms with E-state index in [0.717, 1.165) is 12.1 Å². The molecule has 1 rings (SSSR count). The zero-order valence-electron chi connectivity index (χ0n) is 11.8. The molecule has 0 saturated carbocycles. The van der Waals surface area contributed by atoms with Crippen LogP contribution < -0.4 is 0 Å². The molecule has 0 unspecified atom stereocenters. The maximum atomic E-state index is 14.0. The molecule has 108 valence electrons. The van der Waals surface area contributed by atoms with E-state index in [2.05, 4.69) is 0 Å². The SMILES string of the molecule is CCN(C(=O)c1ccc(C=CC(=O)O)cc1F)C(C)C. The molecule has 0 fully saturated rings. The lowest BCUT2D eigenvalue weighted by molar-refractivity contribution is -0.131. The Hall–Kier alpha value is -2.17. The molecule has 0 heterocycles. The normalized spacial score (nSPS) is 11.1. The van der Waals surface area contributed by atoms with Crippen LogP contribution in [0, 0.1) is 5.82 Å². The fraction of sp³-hybridized carbons (Fsp3) is 0.333. The van der Waals surface area contributed by atoms with Gasteiger partial charge in [0.05, 0.1) is 5.56 Å². The molecule has 1 aromatic rings. The molecule has 0 bridgehead atoms. The van der Waals surface area contributed by atoms with Crippen molar-refractivity contribution in [3.05, 3.63) is 41.2 Å². The molecule has 0 radical (unpaired) electrons. The smallest absolute Gasteiger partial charge is 0.328 e. The molecule has 0 aliphatic carbocycles. The Labute approximate surface area is 117 Å². The van der Waals surface area contributed by atoms with Crippen LogP contribution in [0.4, 0.5) is 4.39 Å². The lowest BCUT2D eigenvalue weighted by Gasteiger charge is -2.25. The van der Waals surface area contributed by atoms with Crippen molar-refractivity contribution >= 4 is 18.0 Å². The van der Waals surface area contributed by atoms with Crippen molar-refractivity contribution < 1.29 is 19.1 Å². The first kappa shape index (κ1) is 15.9. The van der Waals surface area contributed by atoms with Crippen molar-refractivity contribution in [1.29, 1.82) is 0 Å². The molecule has 0 aliphatic heterocycles. The van der Waals surface area contributed by atoms with E-state index in [1.807, 2.05) is 20.8 Å². The summed E-state index contributed by atoms with van der Waals surface area (Å²) < 4.78 is 14.0. The van der Waals surface area contributed by atoms with Crippen LogP contribution in [0.2, 0.25) is 0 Å². The molecule has 20 heavy (non-hydrogen) atoms. The second-order valence-electron chi connectivity index (χ2n) is 4.60.